The van der Waals surface area contributed by atoms with Crippen molar-refractivity contribution in [3.63, 3.8) is 0 Å². The van der Waals surface area contributed by atoms with Crippen LogP contribution < -0.4 is 11.1 Å². The highest BCUT2D eigenvalue weighted by Gasteiger charge is 2.16. The summed E-state index contributed by atoms with van der Waals surface area (Å²) >= 11 is 3.51. The van der Waals surface area contributed by atoms with Crippen molar-refractivity contribution in [2.75, 3.05) is 11.9 Å². The first-order valence-corrected chi connectivity index (χ1v) is 7.89. The number of nitrogens with one attached hydrogen (secondary N) is 1. The second-order valence-corrected chi connectivity index (χ2v) is 6.78. The molecule has 20 heavy (non-hydrogen) atoms. The first-order valence-electron chi connectivity index (χ1n) is 7.10. The molecule has 0 bridgehead atoms. The summed E-state index contributed by atoms with van der Waals surface area (Å²) in [7, 11) is 0. The van der Waals surface area contributed by atoms with Gasteiger partial charge in [0.25, 0.3) is 0 Å². The zero-order chi connectivity index (χ0) is 15.3. The molecule has 1 amide bonds. The van der Waals surface area contributed by atoms with E-state index in [2.05, 4.69) is 41.2 Å². The molecule has 0 aliphatic carbocycles. The van der Waals surface area contributed by atoms with Crippen molar-refractivity contribution in [1.29, 1.82) is 0 Å². The van der Waals surface area contributed by atoms with Crippen LogP contribution in [0, 0.1) is 25.7 Å². The van der Waals surface area contributed by atoms with Crippen LogP contribution in [-0.4, -0.2) is 12.5 Å². The maximum absolute atomic E-state index is 12.2. The Kier molecular flexibility index (Phi) is 6.69. The van der Waals surface area contributed by atoms with Gasteiger partial charge in [0.15, 0.2) is 0 Å². The van der Waals surface area contributed by atoms with Crippen LogP contribution >= 0.6 is 15.9 Å². The number of benzene rings is 1. The molecule has 1 atom stereocenters. The van der Waals surface area contributed by atoms with Gasteiger partial charge in [-0.15, -0.1) is 0 Å². The van der Waals surface area contributed by atoms with Crippen LogP contribution in [0.1, 0.15) is 37.8 Å². The molecule has 3 nitrogen and oxygen atoms in total. The van der Waals surface area contributed by atoms with Crippen molar-refractivity contribution in [1.82, 2.24) is 0 Å². The summed E-state index contributed by atoms with van der Waals surface area (Å²) in [5, 5.41) is 3.00. The van der Waals surface area contributed by atoms with E-state index in [0.717, 1.165) is 22.1 Å². The lowest BCUT2D eigenvalue weighted by molar-refractivity contribution is -0.117. The van der Waals surface area contributed by atoms with Crippen LogP contribution in [0.4, 0.5) is 5.69 Å². The summed E-state index contributed by atoms with van der Waals surface area (Å²) in [6.45, 7) is 8.90. The third-order valence-electron chi connectivity index (χ3n) is 3.31. The Hall–Kier alpha value is -0.870. The van der Waals surface area contributed by atoms with Gasteiger partial charge >= 0.3 is 0 Å². The molecule has 4 heteroatoms. The minimum Gasteiger partial charge on any atom is -0.330 e. The number of carbonyl (C=O) groups excluding carboxylic acids is 1. The number of hydrogen-bond acceptors (Lipinski definition) is 2. The van der Waals surface area contributed by atoms with E-state index in [1.807, 2.05) is 19.9 Å². The van der Waals surface area contributed by atoms with Crippen LogP contribution in [0.25, 0.3) is 0 Å². The van der Waals surface area contributed by atoms with E-state index in [1.165, 1.54) is 5.56 Å². The average Bonchev–Trinajstić information content (AvgIpc) is 2.32. The molecule has 0 radical (unpaired) electrons. The van der Waals surface area contributed by atoms with Crippen molar-refractivity contribution in [3.05, 3.63) is 27.7 Å². The summed E-state index contributed by atoms with van der Waals surface area (Å²) in [4.78, 5) is 12.2. The second-order valence-electron chi connectivity index (χ2n) is 5.92. The SMILES string of the molecule is Cc1cc(C)c(NC(=O)C[C@@H](CN)CC(C)C)c(Br)c1. The van der Waals surface area contributed by atoms with Gasteiger partial charge in [-0.25, -0.2) is 0 Å². The maximum atomic E-state index is 12.2. The van der Waals surface area contributed by atoms with Gasteiger partial charge < -0.3 is 11.1 Å². The predicted molar refractivity (Wildman–Crippen MR) is 88.9 cm³/mol. The number of carbonyl (C=O) groups is 1. The lowest BCUT2D eigenvalue weighted by Crippen LogP contribution is -2.23. The molecule has 0 aromatic heterocycles. The summed E-state index contributed by atoms with van der Waals surface area (Å²) in [5.74, 6) is 0.845. The van der Waals surface area contributed by atoms with Crippen LogP contribution in [0.5, 0.6) is 0 Å². The zero-order valence-electron chi connectivity index (χ0n) is 12.8. The normalized spacial score (nSPS) is 12.6. The van der Waals surface area contributed by atoms with Gasteiger partial charge in [-0.3, -0.25) is 4.79 Å². The fourth-order valence-electron chi connectivity index (χ4n) is 2.46. The van der Waals surface area contributed by atoms with Gasteiger partial charge in [-0.1, -0.05) is 19.9 Å². The highest BCUT2D eigenvalue weighted by Crippen LogP contribution is 2.28. The van der Waals surface area contributed by atoms with Gasteiger partial charge in [0, 0.05) is 10.9 Å². The Balaban J connectivity index is 2.71. The molecule has 0 fully saturated rings. The summed E-state index contributed by atoms with van der Waals surface area (Å²) in [5.41, 5.74) is 8.86. The Morgan fingerprint density at radius 3 is 2.50 bits per heavy atom. The minimum atomic E-state index is 0.0359. The minimum absolute atomic E-state index is 0.0359. The topological polar surface area (TPSA) is 55.1 Å². The Morgan fingerprint density at radius 1 is 1.35 bits per heavy atom. The monoisotopic (exact) mass is 340 g/mol. The molecule has 0 spiro atoms. The molecule has 0 unspecified atom stereocenters. The highest BCUT2D eigenvalue weighted by molar-refractivity contribution is 9.10. The number of aryl methyl sites for hydroxylation is 2. The van der Waals surface area contributed by atoms with E-state index in [9.17, 15) is 4.79 Å². The van der Waals surface area contributed by atoms with Crippen molar-refractivity contribution in [2.45, 2.75) is 40.5 Å². The van der Waals surface area contributed by atoms with E-state index >= 15 is 0 Å². The van der Waals surface area contributed by atoms with Gasteiger partial charge in [0.1, 0.15) is 0 Å². The number of amides is 1. The molecule has 1 aromatic rings. The summed E-state index contributed by atoms with van der Waals surface area (Å²) < 4.78 is 0.927. The maximum Gasteiger partial charge on any atom is 0.224 e. The smallest absolute Gasteiger partial charge is 0.224 e. The van der Waals surface area contributed by atoms with Crippen LogP contribution in [0.15, 0.2) is 16.6 Å². The summed E-state index contributed by atoms with van der Waals surface area (Å²) in [6.07, 6.45) is 1.46. The Bertz CT molecular complexity index is 449. The Labute approximate surface area is 130 Å². The van der Waals surface area contributed by atoms with Crippen molar-refractivity contribution in [3.8, 4) is 0 Å². The standard InChI is InChI=1S/C16H25BrN2O/c1-10(2)5-13(9-18)8-15(20)19-16-12(4)6-11(3)7-14(16)17/h6-7,10,13H,5,8-9,18H2,1-4H3,(H,19,20)/t13-/m0/s1. The lowest BCUT2D eigenvalue weighted by atomic mass is 9.94. The van der Waals surface area contributed by atoms with Gasteiger partial charge in [0.2, 0.25) is 5.91 Å². The lowest BCUT2D eigenvalue weighted by Gasteiger charge is -2.18. The molecule has 0 aliphatic rings. The predicted octanol–water partition coefficient (Wildman–Crippen LogP) is 4.02. The number of rotatable bonds is 6. The fraction of sp³-hybridized carbons (Fsp3) is 0.562. The summed E-state index contributed by atoms with van der Waals surface area (Å²) in [6, 6.07) is 4.08. The largest absolute Gasteiger partial charge is 0.330 e. The van der Waals surface area contributed by atoms with E-state index in [0.29, 0.717) is 18.9 Å². The molecule has 0 saturated carbocycles. The molecular weight excluding hydrogens is 316 g/mol. The molecule has 3 N–H and O–H groups in total. The molecular formula is C16H25BrN2O. The van der Waals surface area contributed by atoms with Crippen molar-refractivity contribution in [2.24, 2.45) is 17.6 Å². The molecule has 112 valence electrons. The number of hydrogen-bond donors (Lipinski definition) is 2. The third-order valence-corrected chi connectivity index (χ3v) is 3.93. The van der Waals surface area contributed by atoms with E-state index in [1.54, 1.807) is 0 Å². The van der Waals surface area contributed by atoms with Gasteiger partial charge in [0.05, 0.1) is 5.69 Å². The van der Waals surface area contributed by atoms with Crippen LogP contribution in [0.2, 0.25) is 0 Å². The number of nitrogens with two attached hydrogens (primary N) is 1. The van der Waals surface area contributed by atoms with Crippen LogP contribution in [-0.2, 0) is 4.79 Å². The van der Waals surface area contributed by atoms with Crippen molar-refractivity contribution >= 4 is 27.5 Å². The second kappa shape index (κ2) is 7.79. The van der Waals surface area contributed by atoms with Gasteiger partial charge in [-0.2, -0.15) is 0 Å². The average molecular weight is 341 g/mol. The number of halogens is 1. The first-order chi connectivity index (χ1) is 9.33. The zero-order valence-corrected chi connectivity index (χ0v) is 14.4. The van der Waals surface area contributed by atoms with Crippen molar-refractivity contribution < 1.29 is 4.79 Å². The van der Waals surface area contributed by atoms with E-state index < -0.39 is 0 Å². The number of anilines is 1. The van der Waals surface area contributed by atoms with E-state index in [-0.39, 0.29) is 11.8 Å². The van der Waals surface area contributed by atoms with Gasteiger partial charge in [-0.05, 0) is 71.8 Å². The fourth-order valence-corrected chi connectivity index (χ4v) is 3.23. The third kappa shape index (κ3) is 5.25. The molecule has 0 aliphatic heterocycles. The Morgan fingerprint density at radius 2 is 2.00 bits per heavy atom. The first kappa shape index (κ1) is 17.2. The highest BCUT2D eigenvalue weighted by atomic mass is 79.9. The molecule has 1 rings (SSSR count). The quantitative estimate of drug-likeness (QED) is 0.821. The molecule has 0 heterocycles. The van der Waals surface area contributed by atoms with E-state index in [4.69, 9.17) is 5.73 Å². The van der Waals surface area contributed by atoms with Crippen LogP contribution in [0.3, 0.4) is 0 Å². The molecule has 0 saturated heterocycles. The molecule has 1 aromatic carbocycles.